The van der Waals surface area contributed by atoms with E-state index >= 15 is 0 Å². The second-order valence-corrected chi connectivity index (χ2v) is 7.41. The van der Waals surface area contributed by atoms with Gasteiger partial charge < -0.3 is 19.7 Å². The zero-order valence-electron chi connectivity index (χ0n) is 17.1. The van der Waals surface area contributed by atoms with Gasteiger partial charge >= 0.3 is 0 Å². The molecule has 1 fully saturated rings. The first-order chi connectivity index (χ1) is 15.1. The average Bonchev–Trinajstić information content (AvgIpc) is 3.40. The smallest absolute Gasteiger partial charge is 0.196 e. The third-order valence-electron chi connectivity index (χ3n) is 5.47. The zero-order valence-corrected chi connectivity index (χ0v) is 18.0. The molecule has 1 aliphatic rings. The molecule has 4 aromatic rings. The maximum Gasteiger partial charge on any atom is 0.196 e. The quantitative estimate of drug-likeness (QED) is 0.432. The van der Waals surface area contributed by atoms with Crippen molar-refractivity contribution < 1.29 is 13.9 Å². The lowest BCUT2D eigenvalue weighted by Crippen LogP contribution is -2.43. The van der Waals surface area contributed by atoms with E-state index in [0.29, 0.717) is 28.2 Å². The average molecular weight is 455 g/mol. The van der Waals surface area contributed by atoms with Crippen LogP contribution in [0.5, 0.6) is 5.75 Å². The van der Waals surface area contributed by atoms with Crippen LogP contribution in [0.2, 0.25) is 0 Å². The number of hydrogen-bond donors (Lipinski definition) is 3. The molecule has 0 saturated carbocycles. The van der Waals surface area contributed by atoms with Crippen LogP contribution in [0.25, 0.3) is 33.6 Å². The van der Waals surface area contributed by atoms with Gasteiger partial charge in [-0.2, -0.15) is 10.4 Å². The second-order valence-electron chi connectivity index (χ2n) is 7.41. The van der Waals surface area contributed by atoms with Crippen molar-refractivity contribution in [1.29, 1.82) is 5.26 Å². The monoisotopic (exact) mass is 454 g/mol. The maximum atomic E-state index is 14.7. The molecule has 1 aliphatic heterocycles. The molecule has 1 aromatic carbocycles. The Bertz CT molecular complexity index is 1340. The van der Waals surface area contributed by atoms with E-state index in [-0.39, 0.29) is 35.0 Å². The van der Waals surface area contributed by atoms with Crippen molar-refractivity contribution in [3.05, 3.63) is 47.4 Å². The summed E-state index contributed by atoms with van der Waals surface area (Å²) in [4.78, 5) is 6.60. The van der Waals surface area contributed by atoms with E-state index in [9.17, 15) is 14.8 Å². The molecule has 5 rings (SSSR count). The zero-order chi connectivity index (χ0) is 21.5. The molecule has 164 valence electrons. The summed E-state index contributed by atoms with van der Waals surface area (Å²) < 4.78 is 20.8. The number of furan rings is 1. The fraction of sp³-hybridized carbons (Fsp3) is 0.227. The lowest BCUT2D eigenvalue weighted by Gasteiger charge is -2.26. The maximum absolute atomic E-state index is 14.7. The van der Waals surface area contributed by atoms with Gasteiger partial charge in [0.2, 0.25) is 0 Å². The van der Waals surface area contributed by atoms with Gasteiger partial charge in [-0.3, -0.25) is 5.10 Å². The number of anilines is 1. The fourth-order valence-corrected chi connectivity index (χ4v) is 3.97. The number of H-pyrrole nitrogens is 1. The van der Waals surface area contributed by atoms with Gasteiger partial charge in [0.05, 0.1) is 22.2 Å². The van der Waals surface area contributed by atoms with Gasteiger partial charge in [-0.1, -0.05) is 0 Å². The van der Waals surface area contributed by atoms with E-state index in [0.717, 1.165) is 37.9 Å². The number of aromatic amines is 1. The fourth-order valence-electron chi connectivity index (χ4n) is 3.97. The molecule has 32 heavy (non-hydrogen) atoms. The van der Waals surface area contributed by atoms with Crippen LogP contribution in [-0.2, 0) is 0 Å². The summed E-state index contributed by atoms with van der Waals surface area (Å²) in [6.07, 6.45) is 0. The number of nitriles is 1. The Hall–Kier alpha value is -3.61. The number of phenols is 1. The molecule has 1 saturated heterocycles. The Morgan fingerprint density at radius 1 is 1.22 bits per heavy atom. The van der Waals surface area contributed by atoms with Crippen LogP contribution in [0.1, 0.15) is 11.3 Å². The van der Waals surface area contributed by atoms with E-state index in [1.807, 2.05) is 19.1 Å². The topological polar surface area (TPSA) is 114 Å². The molecule has 10 heteroatoms. The summed E-state index contributed by atoms with van der Waals surface area (Å²) in [6.45, 7) is 5.20. The van der Waals surface area contributed by atoms with Gasteiger partial charge in [0, 0.05) is 49.6 Å². The summed E-state index contributed by atoms with van der Waals surface area (Å²) in [6, 6.07) is 9.63. The van der Waals surface area contributed by atoms with Crippen molar-refractivity contribution in [3.8, 4) is 34.4 Å². The van der Waals surface area contributed by atoms with Gasteiger partial charge in [-0.25, -0.2) is 9.37 Å². The van der Waals surface area contributed by atoms with Crippen molar-refractivity contribution in [1.82, 2.24) is 20.5 Å². The minimum atomic E-state index is -0.678. The first kappa shape index (κ1) is 21.6. The highest BCUT2D eigenvalue weighted by Gasteiger charge is 2.25. The summed E-state index contributed by atoms with van der Waals surface area (Å²) in [7, 11) is 0. The van der Waals surface area contributed by atoms with Crippen molar-refractivity contribution in [2.24, 2.45) is 0 Å². The minimum Gasteiger partial charge on any atom is -0.508 e. The molecular formula is C22H20ClFN6O2. The molecule has 0 bridgehead atoms. The summed E-state index contributed by atoms with van der Waals surface area (Å²) in [5, 5.41) is 30.7. The number of aromatic nitrogens is 3. The van der Waals surface area contributed by atoms with Crippen molar-refractivity contribution in [3.63, 3.8) is 0 Å². The number of halogens is 2. The number of nitrogens with one attached hydrogen (secondary N) is 2. The highest BCUT2D eigenvalue weighted by atomic mass is 35.5. The first-order valence-electron chi connectivity index (χ1n) is 9.90. The number of phenolic OH excluding ortho intramolecular Hbond substituents is 1. The molecule has 0 radical (unpaired) electrons. The Morgan fingerprint density at radius 2 is 2.00 bits per heavy atom. The Balaban J connectivity index is 0.00000245. The lowest BCUT2D eigenvalue weighted by atomic mass is 9.96. The van der Waals surface area contributed by atoms with Crippen molar-refractivity contribution in [2.75, 3.05) is 31.1 Å². The predicted octanol–water partition coefficient (Wildman–Crippen LogP) is 3.74. The van der Waals surface area contributed by atoms with Gasteiger partial charge in [0.1, 0.15) is 23.4 Å². The molecule has 0 amide bonds. The highest BCUT2D eigenvalue weighted by molar-refractivity contribution is 5.99. The molecule has 0 aliphatic carbocycles. The number of aromatic hydroxyl groups is 1. The number of hydrogen-bond acceptors (Lipinski definition) is 7. The van der Waals surface area contributed by atoms with E-state index in [2.05, 4.69) is 31.5 Å². The van der Waals surface area contributed by atoms with E-state index < -0.39 is 5.82 Å². The molecule has 3 N–H and O–H groups in total. The van der Waals surface area contributed by atoms with Crippen LogP contribution in [0.15, 0.2) is 34.7 Å². The van der Waals surface area contributed by atoms with Crippen molar-refractivity contribution in [2.45, 2.75) is 6.92 Å². The molecule has 8 nitrogen and oxygen atoms in total. The number of nitrogens with zero attached hydrogens (tertiary/aromatic N) is 4. The first-order valence-corrected chi connectivity index (χ1v) is 9.90. The Kier molecular flexibility index (Phi) is 5.74. The van der Waals surface area contributed by atoms with Gasteiger partial charge in [-0.15, -0.1) is 12.4 Å². The minimum absolute atomic E-state index is 0. The molecule has 0 unspecified atom stereocenters. The number of fused-ring (bicyclic) bond motifs is 1. The number of aryl methyl sites for hydroxylation is 1. The van der Waals surface area contributed by atoms with Gasteiger partial charge in [-0.05, 0) is 25.1 Å². The van der Waals surface area contributed by atoms with Gasteiger partial charge in [0.25, 0.3) is 0 Å². The predicted molar refractivity (Wildman–Crippen MR) is 120 cm³/mol. The van der Waals surface area contributed by atoms with Crippen LogP contribution in [0.4, 0.5) is 10.3 Å². The third kappa shape index (κ3) is 3.53. The van der Waals surface area contributed by atoms with E-state index in [1.165, 1.54) is 12.1 Å². The van der Waals surface area contributed by atoms with Crippen molar-refractivity contribution >= 4 is 29.3 Å². The molecule has 0 atom stereocenters. The molecular weight excluding hydrogens is 435 g/mol. The normalized spacial score (nSPS) is 13.7. The lowest BCUT2D eigenvalue weighted by molar-refractivity contribution is 0.469. The highest BCUT2D eigenvalue weighted by Crippen LogP contribution is 2.40. The van der Waals surface area contributed by atoms with Crippen LogP contribution in [0.3, 0.4) is 0 Å². The number of piperazine rings is 1. The van der Waals surface area contributed by atoms with Crippen LogP contribution >= 0.6 is 12.4 Å². The van der Waals surface area contributed by atoms with E-state index in [4.69, 9.17) is 4.42 Å². The number of pyridine rings is 1. The largest absolute Gasteiger partial charge is 0.508 e. The Labute approximate surface area is 189 Å². The molecule has 0 spiro atoms. The summed E-state index contributed by atoms with van der Waals surface area (Å²) in [5.74, 6) is 0.317. The van der Waals surface area contributed by atoms with Crippen LogP contribution in [0, 0.1) is 24.1 Å². The standard InChI is InChI=1S/C22H19FN6O2.ClH/c1-12-19-20(17-4-5-18(31-17)29-8-6-25-7-9-29)15(11-24)21(26-22(19)28-27-12)14-3-2-13(30)10-16(14)23;/h2-5,10,25,30H,6-9H2,1H3,(H,26,27,28);1H. The number of benzene rings is 1. The SMILES string of the molecule is Cc1[nH]nc2nc(-c3ccc(O)cc3F)c(C#N)c(-c3ccc(N4CCNCC4)o3)c12.Cl. The van der Waals surface area contributed by atoms with Gasteiger partial charge in [0.15, 0.2) is 11.5 Å². The number of rotatable bonds is 3. The molecule has 3 aromatic heterocycles. The second kappa shape index (κ2) is 8.49. The Morgan fingerprint density at radius 3 is 2.72 bits per heavy atom. The summed E-state index contributed by atoms with van der Waals surface area (Å²) in [5.41, 5.74) is 2.03. The van der Waals surface area contributed by atoms with Crippen LogP contribution < -0.4 is 10.2 Å². The third-order valence-corrected chi connectivity index (χ3v) is 5.47. The van der Waals surface area contributed by atoms with E-state index in [1.54, 1.807) is 0 Å². The van der Waals surface area contributed by atoms with Crippen LogP contribution in [-0.4, -0.2) is 46.5 Å². The summed E-state index contributed by atoms with van der Waals surface area (Å²) >= 11 is 0. The molecule has 4 heterocycles.